The number of hydrogen-bond donors (Lipinski definition) is 1. The zero-order valence-corrected chi connectivity index (χ0v) is 13.5. The molecule has 0 heterocycles. The minimum absolute atomic E-state index is 0.368. The van der Waals surface area contributed by atoms with E-state index >= 15 is 0 Å². The summed E-state index contributed by atoms with van der Waals surface area (Å²) in [6.45, 7) is 0. The summed E-state index contributed by atoms with van der Waals surface area (Å²) < 4.78 is 15.4. The van der Waals surface area contributed by atoms with Crippen LogP contribution in [0.25, 0.3) is 0 Å². The van der Waals surface area contributed by atoms with Crippen LogP contribution in [0.4, 0.5) is 0 Å². The molecule has 5 nitrogen and oxygen atoms in total. The van der Waals surface area contributed by atoms with Crippen LogP contribution < -0.4 is 15.2 Å². The molecule has 5 heteroatoms. The average molecular weight is 315 g/mol. The Morgan fingerprint density at radius 1 is 0.913 bits per heavy atom. The van der Waals surface area contributed by atoms with Gasteiger partial charge in [0.05, 0.1) is 21.3 Å². The van der Waals surface area contributed by atoms with Crippen LogP contribution in [-0.2, 0) is 9.53 Å². The van der Waals surface area contributed by atoms with Crippen molar-refractivity contribution in [3.8, 4) is 11.5 Å². The molecule has 2 N–H and O–H groups in total. The molecule has 0 aliphatic carbocycles. The van der Waals surface area contributed by atoms with Gasteiger partial charge in [0.15, 0.2) is 0 Å². The number of rotatable bonds is 6. The lowest BCUT2D eigenvalue weighted by atomic mass is 9.85. The van der Waals surface area contributed by atoms with E-state index in [1.54, 1.807) is 14.2 Å². The summed E-state index contributed by atoms with van der Waals surface area (Å²) in [6, 6.07) is 14.1. The van der Waals surface area contributed by atoms with Gasteiger partial charge in [0.25, 0.3) is 0 Å². The van der Waals surface area contributed by atoms with Crippen LogP contribution in [0, 0.1) is 0 Å². The van der Waals surface area contributed by atoms with Gasteiger partial charge < -0.3 is 19.9 Å². The third-order valence-corrected chi connectivity index (χ3v) is 3.74. The van der Waals surface area contributed by atoms with Crippen LogP contribution in [0.2, 0.25) is 0 Å². The van der Waals surface area contributed by atoms with Gasteiger partial charge in [-0.2, -0.15) is 0 Å². The van der Waals surface area contributed by atoms with Crippen molar-refractivity contribution in [1.29, 1.82) is 0 Å². The van der Waals surface area contributed by atoms with E-state index in [0.717, 1.165) is 11.1 Å². The van der Waals surface area contributed by atoms with Crippen molar-refractivity contribution in [1.82, 2.24) is 0 Å². The lowest BCUT2D eigenvalue weighted by molar-refractivity contribution is -0.142. The fourth-order valence-electron chi connectivity index (χ4n) is 2.55. The maximum atomic E-state index is 12.0. The highest BCUT2D eigenvalue weighted by Gasteiger charge is 2.29. The second-order valence-electron chi connectivity index (χ2n) is 5.08. The first kappa shape index (κ1) is 16.8. The van der Waals surface area contributed by atoms with Crippen molar-refractivity contribution < 1.29 is 19.0 Å². The van der Waals surface area contributed by atoms with Crippen LogP contribution in [0.15, 0.2) is 48.5 Å². The van der Waals surface area contributed by atoms with Gasteiger partial charge in [0, 0.05) is 5.92 Å². The molecule has 0 fully saturated rings. The lowest BCUT2D eigenvalue weighted by Gasteiger charge is -2.24. The Balaban J connectivity index is 2.52. The van der Waals surface area contributed by atoms with Crippen LogP contribution in [0.1, 0.15) is 17.0 Å². The molecule has 1 unspecified atom stereocenters. The Kier molecular flexibility index (Phi) is 5.60. The molecule has 0 saturated heterocycles. The highest BCUT2D eigenvalue weighted by molar-refractivity contribution is 5.77. The summed E-state index contributed by atoms with van der Waals surface area (Å²) in [7, 11) is 4.52. The van der Waals surface area contributed by atoms with Gasteiger partial charge >= 0.3 is 5.97 Å². The number of hydrogen-bond acceptors (Lipinski definition) is 5. The molecule has 0 saturated carbocycles. The standard InChI is InChI=1S/C18H21NO4/c1-21-14-8-4-6-12(10-14)16(17(19)18(20)23-3)13-7-5-9-15(11-13)22-2/h4-11,16-17H,19H2,1-3H3. The number of methoxy groups -OCH3 is 3. The predicted octanol–water partition coefficient (Wildman–Crippen LogP) is 2.34. The summed E-state index contributed by atoms with van der Waals surface area (Å²) in [4.78, 5) is 12.0. The number of carbonyl (C=O) groups is 1. The monoisotopic (exact) mass is 315 g/mol. The number of benzene rings is 2. The number of carbonyl (C=O) groups excluding carboxylic acids is 1. The first-order valence-electron chi connectivity index (χ1n) is 7.22. The van der Waals surface area contributed by atoms with Gasteiger partial charge in [0.2, 0.25) is 0 Å². The van der Waals surface area contributed by atoms with E-state index in [0.29, 0.717) is 11.5 Å². The Hall–Kier alpha value is -2.53. The molecule has 1 atom stereocenters. The van der Waals surface area contributed by atoms with E-state index < -0.39 is 12.0 Å². The summed E-state index contributed by atoms with van der Waals surface area (Å²) in [5.74, 6) is 0.563. The Labute approximate surface area is 136 Å². The number of esters is 1. The highest BCUT2D eigenvalue weighted by Crippen LogP contribution is 2.31. The maximum Gasteiger partial charge on any atom is 0.323 e. The fraction of sp³-hybridized carbons (Fsp3) is 0.278. The molecule has 0 amide bonds. The maximum absolute atomic E-state index is 12.0. The van der Waals surface area contributed by atoms with E-state index in [1.807, 2.05) is 48.5 Å². The zero-order chi connectivity index (χ0) is 16.8. The van der Waals surface area contributed by atoms with Crippen LogP contribution >= 0.6 is 0 Å². The van der Waals surface area contributed by atoms with Crippen molar-refractivity contribution in [3.05, 3.63) is 59.7 Å². The van der Waals surface area contributed by atoms with Gasteiger partial charge in [-0.1, -0.05) is 24.3 Å². The van der Waals surface area contributed by atoms with E-state index in [4.69, 9.17) is 19.9 Å². The van der Waals surface area contributed by atoms with E-state index in [-0.39, 0.29) is 5.92 Å². The predicted molar refractivity (Wildman–Crippen MR) is 87.8 cm³/mol. The van der Waals surface area contributed by atoms with Gasteiger partial charge in [-0.25, -0.2) is 0 Å². The lowest BCUT2D eigenvalue weighted by Crippen LogP contribution is -2.38. The zero-order valence-electron chi connectivity index (χ0n) is 13.5. The molecule has 0 spiro atoms. The molecule has 122 valence electrons. The minimum Gasteiger partial charge on any atom is -0.497 e. The molecular formula is C18H21NO4. The van der Waals surface area contributed by atoms with Crippen molar-refractivity contribution in [3.63, 3.8) is 0 Å². The Morgan fingerprint density at radius 2 is 1.39 bits per heavy atom. The van der Waals surface area contributed by atoms with Crippen LogP contribution in [-0.4, -0.2) is 33.3 Å². The largest absolute Gasteiger partial charge is 0.497 e. The summed E-state index contributed by atoms with van der Waals surface area (Å²) in [5, 5.41) is 0. The minimum atomic E-state index is -0.834. The van der Waals surface area contributed by atoms with Crippen molar-refractivity contribution >= 4 is 5.97 Å². The van der Waals surface area contributed by atoms with Gasteiger partial charge in [-0.3, -0.25) is 4.79 Å². The van der Waals surface area contributed by atoms with Crippen LogP contribution in [0.5, 0.6) is 11.5 Å². The molecule has 2 aromatic rings. The van der Waals surface area contributed by atoms with Gasteiger partial charge in [-0.15, -0.1) is 0 Å². The molecule has 2 aromatic carbocycles. The fourth-order valence-corrected chi connectivity index (χ4v) is 2.55. The normalized spacial score (nSPS) is 11.9. The third-order valence-electron chi connectivity index (χ3n) is 3.74. The first-order chi connectivity index (χ1) is 11.1. The first-order valence-corrected chi connectivity index (χ1v) is 7.22. The highest BCUT2D eigenvalue weighted by atomic mass is 16.5. The average Bonchev–Trinajstić information content (AvgIpc) is 2.61. The smallest absolute Gasteiger partial charge is 0.323 e. The second-order valence-corrected chi connectivity index (χ2v) is 5.08. The SMILES string of the molecule is COC(=O)C(N)C(c1cccc(OC)c1)c1cccc(OC)c1. The summed E-state index contributed by atoms with van der Waals surface area (Å²) >= 11 is 0. The van der Waals surface area contributed by atoms with Crippen molar-refractivity contribution in [2.24, 2.45) is 5.73 Å². The topological polar surface area (TPSA) is 70.8 Å². The Morgan fingerprint density at radius 3 is 1.78 bits per heavy atom. The van der Waals surface area contributed by atoms with Gasteiger partial charge in [0.1, 0.15) is 17.5 Å². The van der Waals surface area contributed by atoms with E-state index in [2.05, 4.69) is 0 Å². The van der Waals surface area contributed by atoms with E-state index in [9.17, 15) is 4.79 Å². The molecule has 0 aliphatic rings. The molecular weight excluding hydrogens is 294 g/mol. The molecule has 2 rings (SSSR count). The third kappa shape index (κ3) is 3.81. The second kappa shape index (κ2) is 7.65. The molecule has 23 heavy (non-hydrogen) atoms. The Bertz CT molecular complexity index is 624. The molecule has 0 bridgehead atoms. The van der Waals surface area contributed by atoms with Crippen molar-refractivity contribution in [2.45, 2.75) is 12.0 Å². The van der Waals surface area contributed by atoms with Crippen LogP contribution in [0.3, 0.4) is 0 Å². The number of nitrogens with two attached hydrogens (primary N) is 1. The number of ether oxygens (including phenoxy) is 3. The molecule has 0 aromatic heterocycles. The molecule has 0 aliphatic heterocycles. The van der Waals surface area contributed by atoms with Gasteiger partial charge in [-0.05, 0) is 35.4 Å². The summed E-state index contributed by atoms with van der Waals surface area (Å²) in [5.41, 5.74) is 7.90. The van der Waals surface area contributed by atoms with Crippen molar-refractivity contribution in [2.75, 3.05) is 21.3 Å². The molecule has 0 radical (unpaired) electrons. The quantitative estimate of drug-likeness (QED) is 0.829. The summed E-state index contributed by atoms with van der Waals surface area (Å²) in [6.07, 6.45) is 0. The van der Waals surface area contributed by atoms with E-state index in [1.165, 1.54) is 7.11 Å².